The number of thioether (sulfide) groups is 1. The fraction of sp³-hybridized carbons (Fsp3) is 0.500. The third-order valence-electron chi connectivity index (χ3n) is 5.75. The second kappa shape index (κ2) is 10.0. The van der Waals surface area contributed by atoms with E-state index in [4.69, 9.17) is 4.74 Å². The number of aromatic nitrogens is 2. The number of H-pyrrole nitrogens is 1. The monoisotopic (exact) mass is 493 g/mol. The van der Waals surface area contributed by atoms with E-state index in [1.54, 1.807) is 11.8 Å². The predicted molar refractivity (Wildman–Crippen MR) is 124 cm³/mol. The highest BCUT2D eigenvalue weighted by molar-refractivity contribution is 9.10. The summed E-state index contributed by atoms with van der Waals surface area (Å²) in [5, 5.41) is 3.12. The molecular formula is C22H28BrN3O3S. The van der Waals surface area contributed by atoms with Crippen LogP contribution in [0.15, 0.2) is 34.9 Å². The Balaban J connectivity index is 1.86. The number of halogens is 1. The fourth-order valence-corrected chi connectivity index (χ4v) is 5.15. The predicted octanol–water partition coefficient (Wildman–Crippen LogP) is 5.01. The van der Waals surface area contributed by atoms with Gasteiger partial charge >= 0.3 is 6.09 Å². The van der Waals surface area contributed by atoms with Gasteiger partial charge in [-0.1, -0.05) is 41.9 Å². The zero-order valence-corrected chi connectivity index (χ0v) is 20.0. The van der Waals surface area contributed by atoms with Crippen LogP contribution in [-0.2, 0) is 9.53 Å². The van der Waals surface area contributed by atoms with Gasteiger partial charge in [0.05, 0.1) is 25.0 Å². The van der Waals surface area contributed by atoms with Crippen molar-refractivity contribution in [3.05, 3.63) is 40.8 Å². The lowest BCUT2D eigenvalue weighted by molar-refractivity contribution is -0.126. The van der Waals surface area contributed by atoms with Gasteiger partial charge in [-0.25, -0.2) is 9.78 Å². The maximum Gasteiger partial charge on any atom is 0.407 e. The second-order valence-electron chi connectivity index (χ2n) is 7.99. The highest BCUT2D eigenvalue weighted by atomic mass is 79.9. The van der Waals surface area contributed by atoms with Crippen molar-refractivity contribution in [2.75, 3.05) is 13.4 Å². The summed E-state index contributed by atoms with van der Waals surface area (Å²) in [6.45, 7) is 3.88. The number of alkyl carbamates (subject to hydrolysis) is 1. The van der Waals surface area contributed by atoms with Crippen LogP contribution < -0.4 is 5.32 Å². The molecule has 0 radical (unpaired) electrons. The van der Waals surface area contributed by atoms with Crippen molar-refractivity contribution >= 4 is 39.6 Å². The Kier molecular flexibility index (Phi) is 7.63. The average Bonchev–Trinajstić information content (AvgIpc) is 3.38. The van der Waals surface area contributed by atoms with E-state index < -0.39 is 12.1 Å². The van der Waals surface area contributed by atoms with Crippen LogP contribution >= 0.6 is 27.7 Å². The Morgan fingerprint density at radius 3 is 2.57 bits per heavy atom. The van der Waals surface area contributed by atoms with Gasteiger partial charge in [-0.15, -0.1) is 0 Å². The smallest absolute Gasteiger partial charge is 0.407 e. The summed E-state index contributed by atoms with van der Waals surface area (Å²) in [5.41, 5.74) is 1.98. The second-order valence-corrected chi connectivity index (χ2v) is 10.0. The number of carbonyl (C=O) groups is 2. The normalized spacial score (nSPS) is 22.1. The molecule has 0 spiro atoms. The minimum Gasteiger partial charge on any atom is -0.453 e. The van der Waals surface area contributed by atoms with Gasteiger partial charge in [-0.05, 0) is 42.7 Å². The molecule has 1 aromatic heterocycles. The molecule has 1 heterocycles. The number of Topliss-reactive ketones (excluding diaryl/α,β-unsaturated/α-hetero) is 1. The van der Waals surface area contributed by atoms with Gasteiger partial charge < -0.3 is 15.0 Å². The van der Waals surface area contributed by atoms with Gasteiger partial charge in [0.25, 0.3) is 0 Å². The topological polar surface area (TPSA) is 84.1 Å². The number of hydrogen-bond acceptors (Lipinski definition) is 5. The number of ether oxygens (including phenoxy) is 1. The van der Waals surface area contributed by atoms with Gasteiger partial charge in [-0.2, -0.15) is 11.8 Å². The zero-order valence-electron chi connectivity index (χ0n) is 17.6. The van der Waals surface area contributed by atoms with Gasteiger partial charge in [0.1, 0.15) is 5.82 Å². The Morgan fingerprint density at radius 2 is 1.97 bits per heavy atom. The van der Waals surface area contributed by atoms with E-state index in [1.807, 2.05) is 44.3 Å². The van der Waals surface area contributed by atoms with Gasteiger partial charge in [-0.3, -0.25) is 4.79 Å². The molecule has 1 aromatic carbocycles. The molecule has 0 aliphatic heterocycles. The number of ketones is 1. The molecule has 0 saturated heterocycles. The maximum absolute atomic E-state index is 13.5. The SMILES string of the molecule is COC(=O)N[C@H](C(=O)C1C[C@@H](SC)C[C@H]1c1ncc(-c2ccc(Br)cc2)[nH]1)C(C)C. The molecule has 8 heteroatoms. The van der Waals surface area contributed by atoms with Crippen molar-refractivity contribution in [2.24, 2.45) is 11.8 Å². The summed E-state index contributed by atoms with van der Waals surface area (Å²) in [7, 11) is 1.31. The molecule has 4 atom stereocenters. The number of imidazole rings is 1. The Bertz CT molecular complexity index is 884. The molecule has 1 aliphatic rings. The Hall–Kier alpha value is -1.80. The van der Waals surface area contributed by atoms with E-state index in [-0.39, 0.29) is 23.5 Å². The third-order valence-corrected chi connectivity index (χ3v) is 7.33. The lowest BCUT2D eigenvalue weighted by Crippen LogP contribution is -2.47. The first-order valence-electron chi connectivity index (χ1n) is 10.1. The lowest BCUT2D eigenvalue weighted by Gasteiger charge is -2.26. The summed E-state index contributed by atoms with van der Waals surface area (Å²) in [4.78, 5) is 33.3. The van der Waals surface area contributed by atoms with Crippen LogP contribution in [0.2, 0.25) is 0 Å². The maximum atomic E-state index is 13.5. The van der Waals surface area contributed by atoms with Crippen LogP contribution in [0.25, 0.3) is 11.3 Å². The fourth-order valence-electron chi connectivity index (χ4n) is 4.08. The number of hydrogen-bond donors (Lipinski definition) is 2. The molecule has 30 heavy (non-hydrogen) atoms. The standard InChI is InChI=1S/C22H28BrN3O3S/c1-12(2)19(26-22(28)29-3)20(27)16-9-15(30-4)10-17(16)21-24-11-18(25-21)13-5-7-14(23)8-6-13/h5-8,11-12,15-17,19H,9-10H2,1-4H3,(H,24,25)(H,26,28)/t15-,16?,17-,19+/m1/s1. The average molecular weight is 494 g/mol. The van der Waals surface area contributed by atoms with Gasteiger partial charge in [0, 0.05) is 21.6 Å². The number of benzene rings is 1. The molecule has 1 saturated carbocycles. The molecule has 6 nitrogen and oxygen atoms in total. The number of carbonyl (C=O) groups excluding carboxylic acids is 2. The summed E-state index contributed by atoms with van der Waals surface area (Å²) < 4.78 is 5.75. The van der Waals surface area contributed by atoms with E-state index in [0.717, 1.165) is 34.4 Å². The number of methoxy groups -OCH3 is 1. The molecule has 3 rings (SSSR count). The molecule has 2 aromatic rings. The largest absolute Gasteiger partial charge is 0.453 e. The van der Waals surface area contributed by atoms with Crippen LogP contribution in [0.1, 0.15) is 38.4 Å². The van der Waals surface area contributed by atoms with Gasteiger partial charge in [0.15, 0.2) is 5.78 Å². The summed E-state index contributed by atoms with van der Waals surface area (Å²) in [6.07, 6.45) is 5.00. The van der Waals surface area contributed by atoms with E-state index >= 15 is 0 Å². The minimum atomic E-state index is -0.577. The minimum absolute atomic E-state index is 0.000143. The Labute approximate surface area is 190 Å². The molecule has 2 N–H and O–H groups in total. The van der Waals surface area contributed by atoms with Crippen LogP contribution in [-0.4, -0.2) is 46.5 Å². The zero-order chi connectivity index (χ0) is 21.8. The molecule has 1 unspecified atom stereocenters. The number of aromatic amines is 1. The van der Waals surface area contributed by atoms with E-state index in [2.05, 4.69) is 37.5 Å². The number of nitrogens with one attached hydrogen (secondary N) is 2. The molecular weight excluding hydrogens is 466 g/mol. The first-order chi connectivity index (χ1) is 14.3. The van der Waals surface area contributed by atoms with Crippen molar-refractivity contribution in [1.82, 2.24) is 15.3 Å². The van der Waals surface area contributed by atoms with Crippen LogP contribution in [0.5, 0.6) is 0 Å². The third kappa shape index (κ3) is 5.09. The lowest BCUT2D eigenvalue weighted by atomic mass is 9.84. The molecule has 1 fully saturated rings. The van der Waals surface area contributed by atoms with Crippen molar-refractivity contribution in [2.45, 2.75) is 43.9 Å². The van der Waals surface area contributed by atoms with Crippen molar-refractivity contribution < 1.29 is 14.3 Å². The summed E-state index contributed by atoms with van der Waals surface area (Å²) >= 11 is 5.24. The number of amides is 1. The van der Waals surface area contributed by atoms with Crippen LogP contribution in [0, 0.1) is 11.8 Å². The number of nitrogens with zero attached hydrogens (tertiary/aromatic N) is 1. The first-order valence-corrected chi connectivity index (χ1v) is 12.1. The Morgan fingerprint density at radius 1 is 1.27 bits per heavy atom. The van der Waals surface area contributed by atoms with Crippen LogP contribution in [0.4, 0.5) is 4.79 Å². The van der Waals surface area contributed by atoms with E-state index in [9.17, 15) is 9.59 Å². The molecule has 1 aliphatic carbocycles. The quantitative estimate of drug-likeness (QED) is 0.565. The highest BCUT2D eigenvalue weighted by Crippen LogP contribution is 2.44. The van der Waals surface area contributed by atoms with Crippen molar-refractivity contribution in [3.63, 3.8) is 0 Å². The van der Waals surface area contributed by atoms with Crippen LogP contribution in [0.3, 0.4) is 0 Å². The summed E-state index contributed by atoms with van der Waals surface area (Å²) in [5.74, 6) is 0.665. The van der Waals surface area contributed by atoms with Crippen molar-refractivity contribution in [3.8, 4) is 11.3 Å². The summed E-state index contributed by atoms with van der Waals surface area (Å²) in [6, 6.07) is 7.46. The first kappa shape index (κ1) is 22.9. The van der Waals surface area contributed by atoms with E-state index in [1.165, 1.54) is 7.11 Å². The van der Waals surface area contributed by atoms with Crippen molar-refractivity contribution in [1.29, 1.82) is 0 Å². The molecule has 0 bridgehead atoms. The van der Waals surface area contributed by atoms with Gasteiger partial charge in [0.2, 0.25) is 0 Å². The molecule has 1 amide bonds. The highest BCUT2D eigenvalue weighted by Gasteiger charge is 2.43. The number of rotatable bonds is 7. The van der Waals surface area contributed by atoms with E-state index in [0.29, 0.717) is 5.25 Å². The molecule has 162 valence electrons.